The molecule has 0 bridgehead atoms. The van der Waals surface area contributed by atoms with Crippen LogP contribution in [0.5, 0.6) is 0 Å². The Morgan fingerprint density at radius 1 is 1.19 bits per heavy atom. The van der Waals surface area contributed by atoms with Crippen molar-refractivity contribution in [1.82, 2.24) is 10.6 Å². The van der Waals surface area contributed by atoms with Crippen molar-refractivity contribution in [2.45, 2.75) is 19.9 Å². The Morgan fingerprint density at radius 2 is 1.96 bits per heavy atom. The summed E-state index contributed by atoms with van der Waals surface area (Å²) < 4.78 is 26.8. The molecule has 0 fully saturated rings. The number of rotatable bonds is 5. The average molecular weight is 360 g/mol. The lowest BCUT2D eigenvalue weighted by Crippen LogP contribution is -2.42. The fourth-order valence-electron chi connectivity index (χ4n) is 2.30. The van der Waals surface area contributed by atoms with Crippen LogP contribution in [0, 0.1) is 18.6 Å². The summed E-state index contributed by atoms with van der Waals surface area (Å²) in [6, 6.07) is 10.5. The first-order chi connectivity index (χ1) is 12.4. The van der Waals surface area contributed by atoms with E-state index < -0.39 is 5.82 Å². The molecule has 0 aliphatic rings. The Hall–Kier alpha value is -2.96. The zero-order valence-electron chi connectivity index (χ0n) is 14.9. The maximum absolute atomic E-state index is 13.7. The smallest absolute Gasteiger partial charge is 0.243 e. The van der Waals surface area contributed by atoms with Crippen LogP contribution in [0.4, 0.5) is 14.5 Å². The van der Waals surface area contributed by atoms with Gasteiger partial charge in [0.25, 0.3) is 0 Å². The third-order valence-corrected chi connectivity index (χ3v) is 3.80. The molecule has 0 aliphatic carbocycles. The van der Waals surface area contributed by atoms with Crippen LogP contribution in [-0.2, 0) is 4.79 Å². The van der Waals surface area contributed by atoms with Crippen molar-refractivity contribution in [3.05, 3.63) is 65.2 Å². The van der Waals surface area contributed by atoms with E-state index in [-0.39, 0.29) is 24.3 Å². The van der Waals surface area contributed by atoms with E-state index in [1.54, 1.807) is 26.1 Å². The SMILES string of the molecule is CN=C(NCC(=O)Nc1cccc(F)c1)NC(C)c1ccc(C)c(F)c1. The van der Waals surface area contributed by atoms with Gasteiger partial charge < -0.3 is 16.0 Å². The number of hydrogen-bond acceptors (Lipinski definition) is 2. The van der Waals surface area contributed by atoms with Gasteiger partial charge in [0, 0.05) is 12.7 Å². The third kappa shape index (κ3) is 5.54. The van der Waals surface area contributed by atoms with E-state index in [1.807, 2.05) is 13.0 Å². The van der Waals surface area contributed by atoms with Gasteiger partial charge in [-0.05, 0) is 49.2 Å². The summed E-state index contributed by atoms with van der Waals surface area (Å²) >= 11 is 0. The van der Waals surface area contributed by atoms with Gasteiger partial charge in [-0.3, -0.25) is 9.79 Å². The fourth-order valence-corrected chi connectivity index (χ4v) is 2.30. The second kappa shape index (κ2) is 8.94. The zero-order chi connectivity index (χ0) is 19.1. The van der Waals surface area contributed by atoms with E-state index in [2.05, 4.69) is 20.9 Å². The van der Waals surface area contributed by atoms with Crippen LogP contribution in [0.25, 0.3) is 0 Å². The van der Waals surface area contributed by atoms with Crippen LogP contribution in [0.1, 0.15) is 24.1 Å². The van der Waals surface area contributed by atoms with E-state index in [4.69, 9.17) is 0 Å². The van der Waals surface area contributed by atoms with Crippen LogP contribution < -0.4 is 16.0 Å². The van der Waals surface area contributed by atoms with Gasteiger partial charge in [0.1, 0.15) is 11.6 Å². The second-order valence-electron chi connectivity index (χ2n) is 5.86. The first-order valence-corrected chi connectivity index (χ1v) is 8.17. The van der Waals surface area contributed by atoms with Crippen LogP contribution >= 0.6 is 0 Å². The minimum absolute atomic E-state index is 0.0504. The molecule has 138 valence electrons. The largest absolute Gasteiger partial charge is 0.350 e. The normalized spacial score (nSPS) is 12.4. The molecule has 0 aromatic heterocycles. The Bertz CT molecular complexity index is 808. The number of amides is 1. The maximum atomic E-state index is 13.7. The number of carbonyl (C=O) groups is 1. The maximum Gasteiger partial charge on any atom is 0.243 e. The standard InChI is InChI=1S/C19H22F2N4O/c1-12-7-8-14(9-17(12)21)13(2)24-19(22-3)23-11-18(26)25-16-6-4-5-15(20)10-16/h4-10,13H,11H2,1-3H3,(H,25,26)(H2,22,23,24). The van der Waals surface area contributed by atoms with Crippen LogP contribution in [0.15, 0.2) is 47.5 Å². The van der Waals surface area contributed by atoms with E-state index in [0.717, 1.165) is 5.56 Å². The predicted octanol–water partition coefficient (Wildman–Crippen LogP) is 3.14. The molecule has 1 unspecified atom stereocenters. The summed E-state index contributed by atoms with van der Waals surface area (Å²) in [5.41, 5.74) is 1.72. The van der Waals surface area contributed by atoms with Crippen LogP contribution in [-0.4, -0.2) is 25.5 Å². The number of hydrogen-bond donors (Lipinski definition) is 3. The van der Waals surface area contributed by atoms with Gasteiger partial charge in [0.2, 0.25) is 5.91 Å². The highest BCUT2D eigenvalue weighted by Crippen LogP contribution is 2.16. The fraction of sp³-hybridized carbons (Fsp3) is 0.263. The molecule has 0 aliphatic heterocycles. The highest BCUT2D eigenvalue weighted by molar-refractivity contribution is 5.95. The molecule has 2 rings (SSSR count). The van der Waals surface area contributed by atoms with Crippen LogP contribution in [0.3, 0.4) is 0 Å². The van der Waals surface area contributed by atoms with Gasteiger partial charge in [-0.2, -0.15) is 0 Å². The van der Waals surface area contributed by atoms with Crippen molar-refractivity contribution in [3.8, 4) is 0 Å². The molecular formula is C19H22F2N4O. The number of nitrogens with one attached hydrogen (secondary N) is 3. The summed E-state index contributed by atoms with van der Waals surface area (Å²) in [5, 5.41) is 8.55. The third-order valence-electron chi connectivity index (χ3n) is 3.80. The highest BCUT2D eigenvalue weighted by Gasteiger charge is 2.11. The lowest BCUT2D eigenvalue weighted by atomic mass is 10.1. The Balaban J connectivity index is 1.88. The molecule has 0 spiro atoms. The number of anilines is 1. The van der Waals surface area contributed by atoms with Crippen molar-refractivity contribution in [3.63, 3.8) is 0 Å². The van der Waals surface area contributed by atoms with Crippen molar-refractivity contribution in [1.29, 1.82) is 0 Å². The van der Waals surface area contributed by atoms with E-state index >= 15 is 0 Å². The lowest BCUT2D eigenvalue weighted by molar-refractivity contribution is -0.115. The molecule has 2 aromatic carbocycles. The Kier molecular flexibility index (Phi) is 6.66. The van der Waals surface area contributed by atoms with Gasteiger partial charge in [0.15, 0.2) is 5.96 Å². The highest BCUT2D eigenvalue weighted by atomic mass is 19.1. The number of guanidine groups is 1. The lowest BCUT2D eigenvalue weighted by Gasteiger charge is -2.18. The number of benzene rings is 2. The quantitative estimate of drug-likeness (QED) is 0.567. The van der Waals surface area contributed by atoms with Crippen molar-refractivity contribution >= 4 is 17.6 Å². The second-order valence-corrected chi connectivity index (χ2v) is 5.86. The molecule has 5 nitrogen and oxygen atoms in total. The van der Waals surface area contributed by atoms with E-state index in [9.17, 15) is 13.6 Å². The molecule has 0 heterocycles. The topological polar surface area (TPSA) is 65.5 Å². The molecule has 0 radical (unpaired) electrons. The van der Waals surface area contributed by atoms with E-state index in [0.29, 0.717) is 17.2 Å². The monoisotopic (exact) mass is 360 g/mol. The van der Waals surface area contributed by atoms with Crippen molar-refractivity contribution < 1.29 is 13.6 Å². The van der Waals surface area contributed by atoms with Crippen LogP contribution in [0.2, 0.25) is 0 Å². The number of halogens is 2. The average Bonchev–Trinajstić information content (AvgIpc) is 2.60. The Morgan fingerprint density at radius 3 is 2.62 bits per heavy atom. The molecule has 26 heavy (non-hydrogen) atoms. The summed E-state index contributed by atoms with van der Waals surface area (Å²) in [5.74, 6) is -0.638. The summed E-state index contributed by atoms with van der Waals surface area (Å²) in [4.78, 5) is 16.0. The summed E-state index contributed by atoms with van der Waals surface area (Å²) in [6.45, 7) is 3.52. The Labute approximate surface area is 151 Å². The number of nitrogens with zero attached hydrogens (tertiary/aromatic N) is 1. The molecule has 1 atom stereocenters. The molecule has 0 saturated heterocycles. The number of carbonyl (C=O) groups excluding carboxylic acids is 1. The van der Waals surface area contributed by atoms with Gasteiger partial charge >= 0.3 is 0 Å². The molecule has 2 aromatic rings. The van der Waals surface area contributed by atoms with Gasteiger partial charge in [0.05, 0.1) is 12.6 Å². The van der Waals surface area contributed by atoms with Gasteiger partial charge in [-0.25, -0.2) is 8.78 Å². The van der Waals surface area contributed by atoms with Crippen molar-refractivity contribution in [2.75, 3.05) is 18.9 Å². The first kappa shape index (κ1) is 19.4. The van der Waals surface area contributed by atoms with Crippen molar-refractivity contribution in [2.24, 2.45) is 4.99 Å². The summed E-state index contributed by atoms with van der Waals surface area (Å²) in [6.07, 6.45) is 0. The molecule has 1 amide bonds. The number of aliphatic imine (C=N–C) groups is 1. The van der Waals surface area contributed by atoms with Gasteiger partial charge in [-0.1, -0.05) is 18.2 Å². The molecule has 3 N–H and O–H groups in total. The van der Waals surface area contributed by atoms with Gasteiger partial charge in [-0.15, -0.1) is 0 Å². The zero-order valence-corrected chi connectivity index (χ0v) is 14.9. The van der Waals surface area contributed by atoms with E-state index in [1.165, 1.54) is 24.3 Å². The predicted molar refractivity (Wildman–Crippen MR) is 99.1 cm³/mol. The minimum atomic E-state index is -0.424. The number of aryl methyl sites for hydroxylation is 1. The summed E-state index contributed by atoms with van der Waals surface area (Å²) in [7, 11) is 1.57. The minimum Gasteiger partial charge on any atom is -0.350 e. The molecule has 7 heteroatoms. The molecular weight excluding hydrogens is 338 g/mol. The molecule has 0 saturated carbocycles. The first-order valence-electron chi connectivity index (χ1n) is 8.17.